The van der Waals surface area contributed by atoms with Crippen molar-refractivity contribution in [2.45, 2.75) is 13.3 Å². The molecular formula is C19H16BrNO2S. The first kappa shape index (κ1) is 16.9. The zero-order chi connectivity index (χ0) is 17.1. The number of carbonyl (C=O) groups excluding carboxylic acids is 1. The number of aromatic nitrogens is 1. The minimum Gasteiger partial charge on any atom is -0.465 e. The summed E-state index contributed by atoms with van der Waals surface area (Å²) < 4.78 is 5.77. The van der Waals surface area contributed by atoms with E-state index in [0.717, 1.165) is 32.7 Å². The number of thiazole rings is 1. The van der Waals surface area contributed by atoms with Crippen molar-refractivity contribution in [2.24, 2.45) is 0 Å². The maximum absolute atomic E-state index is 11.5. The lowest BCUT2D eigenvalue weighted by atomic mass is 10.1. The van der Waals surface area contributed by atoms with Crippen molar-refractivity contribution in [3.05, 3.63) is 74.0 Å². The molecule has 0 aliphatic rings. The highest BCUT2D eigenvalue weighted by Crippen LogP contribution is 2.27. The Bertz CT molecular complexity index is 851. The normalized spacial score (nSPS) is 10.6. The maximum atomic E-state index is 11.5. The monoisotopic (exact) mass is 401 g/mol. The fourth-order valence-corrected chi connectivity index (χ4v) is 3.91. The molecule has 0 spiro atoms. The van der Waals surface area contributed by atoms with E-state index >= 15 is 0 Å². The largest absolute Gasteiger partial charge is 0.465 e. The maximum Gasteiger partial charge on any atom is 0.337 e. The van der Waals surface area contributed by atoms with Crippen LogP contribution >= 0.6 is 27.3 Å². The molecule has 122 valence electrons. The van der Waals surface area contributed by atoms with Gasteiger partial charge in [-0.2, -0.15) is 0 Å². The molecule has 3 nitrogen and oxygen atoms in total. The van der Waals surface area contributed by atoms with Crippen molar-refractivity contribution in [2.75, 3.05) is 7.11 Å². The van der Waals surface area contributed by atoms with Crippen molar-refractivity contribution in [1.29, 1.82) is 0 Å². The summed E-state index contributed by atoms with van der Waals surface area (Å²) in [5, 5.41) is 3.13. The summed E-state index contributed by atoms with van der Waals surface area (Å²) in [6.45, 7) is 2.07. The van der Waals surface area contributed by atoms with Gasteiger partial charge in [0.05, 0.1) is 23.4 Å². The minimum absolute atomic E-state index is 0.317. The van der Waals surface area contributed by atoms with E-state index in [1.165, 1.54) is 12.7 Å². The molecule has 0 saturated heterocycles. The molecule has 0 bridgehead atoms. The van der Waals surface area contributed by atoms with E-state index in [1.807, 2.05) is 12.1 Å². The summed E-state index contributed by atoms with van der Waals surface area (Å²) in [7, 11) is 1.39. The third-order valence-electron chi connectivity index (χ3n) is 3.62. The van der Waals surface area contributed by atoms with Gasteiger partial charge in [0.15, 0.2) is 0 Å². The zero-order valence-corrected chi connectivity index (χ0v) is 15.8. The summed E-state index contributed by atoms with van der Waals surface area (Å²) in [5.74, 6) is -0.317. The lowest BCUT2D eigenvalue weighted by Crippen LogP contribution is -2.00. The molecule has 3 rings (SSSR count). The average Bonchev–Trinajstić information content (AvgIpc) is 3.02. The predicted molar refractivity (Wildman–Crippen MR) is 101 cm³/mol. The highest BCUT2D eigenvalue weighted by Gasteiger charge is 2.08. The predicted octanol–water partition coefficient (Wildman–Crippen LogP) is 5.26. The molecule has 1 heterocycles. The summed E-state index contributed by atoms with van der Waals surface area (Å²) in [4.78, 5) is 16.2. The molecule has 0 saturated carbocycles. The van der Waals surface area contributed by atoms with Gasteiger partial charge in [-0.3, -0.25) is 0 Å². The lowest BCUT2D eigenvalue weighted by Gasteiger charge is -2.02. The number of rotatable bonds is 4. The molecular weight excluding hydrogens is 386 g/mol. The van der Waals surface area contributed by atoms with E-state index in [1.54, 1.807) is 23.5 Å². The van der Waals surface area contributed by atoms with Crippen molar-refractivity contribution in [1.82, 2.24) is 4.98 Å². The number of nitrogens with zero attached hydrogens (tertiary/aromatic N) is 1. The Kier molecular flexibility index (Phi) is 5.11. The topological polar surface area (TPSA) is 39.2 Å². The zero-order valence-electron chi connectivity index (χ0n) is 13.4. The number of hydrogen-bond acceptors (Lipinski definition) is 4. The van der Waals surface area contributed by atoms with E-state index in [0.29, 0.717) is 5.56 Å². The van der Waals surface area contributed by atoms with Gasteiger partial charge >= 0.3 is 5.97 Å². The average molecular weight is 402 g/mol. The molecule has 0 amide bonds. The number of aryl methyl sites for hydroxylation is 1. The summed E-state index contributed by atoms with van der Waals surface area (Å²) in [5.41, 5.74) is 4.99. The van der Waals surface area contributed by atoms with E-state index in [-0.39, 0.29) is 5.97 Å². The molecule has 24 heavy (non-hydrogen) atoms. The van der Waals surface area contributed by atoms with Crippen LogP contribution < -0.4 is 0 Å². The van der Waals surface area contributed by atoms with Gasteiger partial charge in [-0.15, -0.1) is 11.3 Å². The molecule has 0 aliphatic carbocycles. The van der Waals surface area contributed by atoms with Crippen LogP contribution in [0, 0.1) is 6.92 Å². The van der Waals surface area contributed by atoms with Crippen LogP contribution in [0.4, 0.5) is 0 Å². The molecule has 3 aromatic rings. The highest BCUT2D eigenvalue weighted by atomic mass is 79.9. The molecule has 2 aromatic carbocycles. The van der Waals surface area contributed by atoms with Crippen molar-refractivity contribution in [3.8, 4) is 11.3 Å². The van der Waals surface area contributed by atoms with Gasteiger partial charge in [0.1, 0.15) is 0 Å². The molecule has 0 atom stereocenters. The third kappa shape index (κ3) is 3.91. The Morgan fingerprint density at radius 1 is 1.21 bits per heavy atom. The van der Waals surface area contributed by atoms with Crippen LogP contribution in [0.2, 0.25) is 0 Å². The van der Waals surface area contributed by atoms with Crippen LogP contribution in [0.25, 0.3) is 11.3 Å². The Balaban J connectivity index is 1.77. The first-order valence-electron chi connectivity index (χ1n) is 7.44. The Hall–Kier alpha value is -1.98. The first-order chi connectivity index (χ1) is 11.5. The van der Waals surface area contributed by atoms with E-state index in [9.17, 15) is 4.79 Å². The summed E-state index contributed by atoms with van der Waals surface area (Å²) in [6.07, 6.45) is 0.749. The number of benzene rings is 2. The van der Waals surface area contributed by atoms with Crippen LogP contribution in [0.15, 0.2) is 52.3 Å². The molecule has 0 radical (unpaired) electrons. The van der Waals surface area contributed by atoms with Gasteiger partial charge in [-0.1, -0.05) is 28.1 Å². The molecule has 0 aliphatic heterocycles. The fraction of sp³-hybridized carbons (Fsp3) is 0.158. The van der Waals surface area contributed by atoms with Crippen LogP contribution in [0.3, 0.4) is 0 Å². The lowest BCUT2D eigenvalue weighted by molar-refractivity contribution is 0.0600. The smallest absolute Gasteiger partial charge is 0.337 e. The summed E-state index contributed by atoms with van der Waals surface area (Å²) in [6, 6.07) is 13.7. The van der Waals surface area contributed by atoms with Crippen LogP contribution in [0.1, 0.15) is 26.5 Å². The number of ether oxygens (including phenoxy) is 1. The Morgan fingerprint density at radius 2 is 1.96 bits per heavy atom. The second kappa shape index (κ2) is 7.28. The van der Waals surface area contributed by atoms with E-state index in [4.69, 9.17) is 9.72 Å². The van der Waals surface area contributed by atoms with Gasteiger partial charge in [0.2, 0.25) is 0 Å². The Morgan fingerprint density at radius 3 is 2.62 bits per heavy atom. The molecule has 0 fully saturated rings. The summed E-state index contributed by atoms with van der Waals surface area (Å²) >= 11 is 5.18. The second-order valence-electron chi connectivity index (χ2n) is 5.51. The number of halogens is 1. The standard InChI is InChI=1S/C19H16BrNO2S/c1-12-7-15(10-16(20)8-12)17-11-24-18(21-17)9-13-3-5-14(6-4-13)19(22)23-2/h3-8,10-11H,9H2,1-2H3. The van der Waals surface area contributed by atoms with Crippen LogP contribution in [-0.2, 0) is 11.2 Å². The van der Waals surface area contributed by atoms with Crippen molar-refractivity contribution >= 4 is 33.2 Å². The van der Waals surface area contributed by atoms with Gasteiger partial charge in [0.25, 0.3) is 0 Å². The van der Waals surface area contributed by atoms with Crippen molar-refractivity contribution in [3.63, 3.8) is 0 Å². The van der Waals surface area contributed by atoms with Crippen LogP contribution in [0.5, 0.6) is 0 Å². The molecule has 5 heteroatoms. The number of esters is 1. The van der Waals surface area contributed by atoms with Crippen LogP contribution in [-0.4, -0.2) is 18.1 Å². The van der Waals surface area contributed by atoms with Gasteiger partial charge < -0.3 is 4.74 Å². The van der Waals surface area contributed by atoms with Gasteiger partial charge in [-0.25, -0.2) is 9.78 Å². The molecule has 0 N–H and O–H groups in total. The van der Waals surface area contributed by atoms with Crippen molar-refractivity contribution < 1.29 is 9.53 Å². The Labute approximate surface area is 153 Å². The molecule has 0 unspecified atom stereocenters. The minimum atomic E-state index is -0.317. The number of hydrogen-bond donors (Lipinski definition) is 0. The SMILES string of the molecule is COC(=O)c1ccc(Cc2nc(-c3cc(C)cc(Br)c3)cs2)cc1. The quantitative estimate of drug-likeness (QED) is 0.559. The number of methoxy groups -OCH3 is 1. The van der Waals surface area contributed by atoms with Gasteiger partial charge in [-0.05, 0) is 48.4 Å². The number of carbonyl (C=O) groups is 1. The third-order valence-corrected chi connectivity index (χ3v) is 4.93. The van der Waals surface area contributed by atoms with E-state index in [2.05, 4.69) is 46.4 Å². The molecule has 1 aromatic heterocycles. The first-order valence-corrected chi connectivity index (χ1v) is 9.11. The second-order valence-corrected chi connectivity index (χ2v) is 7.37. The van der Waals surface area contributed by atoms with Gasteiger partial charge in [0, 0.05) is 21.8 Å². The van der Waals surface area contributed by atoms with E-state index < -0.39 is 0 Å². The highest BCUT2D eigenvalue weighted by molar-refractivity contribution is 9.10. The fourth-order valence-electron chi connectivity index (χ4n) is 2.46.